The van der Waals surface area contributed by atoms with Crippen LogP contribution < -0.4 is 5.32 Å². The van der Waals surface area contributed by atoms with Gasteiger partial charge >= 0.3 is 0 Å². The molecule has 1 aromatic carbocycles. The van der Waals surface area contributed by atoms with E-state index < -0.39 is 4.92 Å². The van der Waals surface area contributed by atoms with Gasteiger partial charge in [-0.15, -0.1) is 0 Å². The van der Waals surface area contributed by atoms with E-state index >= 15 is 0 Å². The number of nitro groups is 1. The summed E-state index contributed by atoms with van der Waals surface area (Å²) >= 11 is 3.39. The standard InChI is InChI=1S/C13H12BrN3O2/c1-9-5-13(16-8-12(9)14)15-7-10-3-2-4-11(6-10)17(18)19/h2-6,8H,7H2,1H3,(H,15,16). The molecule has 2 aromatic rings. The minimum atomic E-state index is -0.397. The number of anilines is 1. The molecular weight excluding hydrogens is 310 g/mol. The van der Waals surface area contributed by atoms with Crippen LogP contribution in [0.4, 0.5) is 11.5 Å². The maximum atomic E-state index is 10.7. The molecule has 0 bridgehead atoms. The molecule has 0 saturated heterocycles. The van der Waals surface area contributed by atoms with Crippen molar-refractivity contribution < 1.29 is 4.92 Å². The van der Waals surface area contributed by atoms with E-state index in [1.54, 1.807) is 18.3 Å². The first-order valence-corrected chi connectivity index (χ1v) is 6.45. The number of halogens is 1. The lowest BCUT2D eigenvalue weighted by molar-refractivity contribution is -0.384. The molecule has 0 fully saturated rings. The van der Waals surface area contributed by atoms with Gasteiger partial charge in [0, 0.05) is 29.3 Å². The molecule has 1 aromatic heterocycles. The summed E-state index contributed by atoms with van der Waals surface area (Å²) in [6, 6.07) is 8.47. The number of nitrogens with zero attached hydrogens (tertiary/aromatic N) is 2. The fourth-order valence-corrected chi connectivity index (χ4v) is 1.83. The van der Waals surface area contributed by atoms with Crippen molar-refractivity contribution in [1.82, 2.24) is 4.98 Å². The average molecular weight is 322 g/mol. The third-order valence-electron chi connectivity index (χ3n) is 2.64. The second-order valence-electron chi connectivity index (χ2n) is 4.10. The highest BCUT2D eigenvalue weighted by molar-refractivity contribution is 9.10. The first-order chi connectivity index (χ1) is 9.06. The highest BCUT2D eigenvalue weighted by atomic mass is 79.9. The van der Waals surface area contributed by atoms with Crippen molar-refractivity contribution in [3.63, 3.8) is 0 Å². The average Bonchev–Trinajstić information content (AvgIpc) is 2.40. The van der Waals surface area contributed by atoms with Gasteiger partial charge < -0.3 is 5.32 Å². The van der Waals surface area contributed by atoms with Crippen molar-refractivity contribution in [2.45, 2.75) is 13.5 Å². The summed E-state index contributed by atoms with van der Waals surface area (Å²) in [6.45, 7) is 2.47. The monoisotopic (exact) mass is 321 g/mol. The fourth-order valence-electron chi connectivity index (χ4n) is 1.61. The van der Waals surface area contributed by atoms with Crippen LogP contribution in [0.1, 0.15) is 11.1 Å². The summed E-state index contributed by atoms with van der Waals surface area (Å²) in [5.41, 5.74) is 2.02. The Morgan fingerprint density at radius 2 is 2.21 bits per heavy atom. The highest BCUT2D eigenvalue weighted by Crippen LogP contribution is 2.18. The lowest BCUT2D eigenvalue weighted by Gasteiger charge is -2.07. The van der Waals surface area contributed by atoms with Crippen LogP contribution in [-0.2, 0) is 6.54 Å². The van der Waals surface area contributed by atoms with Gasteiger partial charge in [-0.25, -0.2) is 4.98 Å². The van der Waals surface area contributed by atoms with Crippen molar-refractivity contribution in [2.75, 3.05) is 5.32 Å². The molecule has 0 aliphatic heterocycles. The third kappa shape index (κ3) is 3.51. The quantitative estimate of drug-likeness (QED) is 0.689. The predicted molar refractivity (Wildman–Crippen MR) is 77.1 cm³/mol. The normalized spacial score (nSPS) is 10.2. The van der Waals surface area contributed by atoms with Crippen LogP contribution in [0.15, 0.2) is 41.0 Å². The largest absolute Gasteiger partial charge is 0.366 e. The van der Waals surface area contributed by atoms with Gasteiger partial charge in [0.15, 0.2) is 0 Å². The molecule has 1 N–H and O–H groups in total. The van der Waals surface area contributed by atoms with E-state index in [4.69, 9.17) is 0 Å². The van der Waals surface area contributed by atoms with E-state index in [0.29, 0.717) is 6.54 Å². The molecule has 0 atom stereocenters. The Balaban J connectivity index is 2.07. The lowest BCUT2D eigenvalue weighted by atomic mass is 10.2. The molecule has 6 heteroatoms. The van der Waals surface area contributed by atoms with Gasteiger partial charge in [0.2, 0.25) is 0 Å². The highest BCUT2D eigenvalue weighted by Gasteiger charge is 2.05. The Morgan fingerprint density at radius 1 is 1.42 bits per heavy atom. The maximum Gasteiger partial charge on any atom is 0.269 e. The molecular formula is C13H12BrN3O2. The molecule has 0 amide bonds. The number of hydrogen-bond donors (Lipinski definition) is 1. The van der Waals surface area contributed by atoms with Gasteiger partial charge in [-0.3, -0.25) is 10.1 Å². The molecule has 0 aliphatic rings. The van der Waals surface area contributed by atoms with E-state index in [9.17, 15) is 10.1 Å². The topological polar surface area (TPSA) is 68.1 Å². The van der Waals surface area contributed by atoms with Crippen LogP contribution >= 0.6 is 15.9 Å². The van der Waals surface area contributed by atoms with E-state index in [1.807, 2.05) is 19.1 Å². The van der Waals surface area contributed by atoms with Gasteiger partial charge in [-0.1, -0.05) is 12.1 Å². The Kier molecular flexibility index (Phi) is 4.11. The molecule has 0 spiro atoms. The SMILES string of the molecule is Cc1cc(NCc2cccc([N+](=O)[O-])c2)ncc1Br. The summed E-state index contributed by atoms with van der Waals surface area (Å²) in [4.78, 5) is 14.5. The summed E-state index contributed by atoms with van der Waals surface area (Å²) in [7, 11) is 0. The molecule has 19 heavy (non-hydrogen) atoms. The van der Waals surface area contributed by atoms with E-state index in [-0.39, 0.29) is 5.69 Å². The lowest BCUT2D eigenvalue weighted by Crippen LogP contribution is -2.02. The van der Waals surface area contributed by atoms with Gasteiger partial charge in [-0.2, -0.15) is 0 Å². The number of nitrogens with one attached hydrogen (secondary N) is 1. The number of benzene rings is 1. The van der Waals surface area contributed by atoms with Gasteiger partial charge in [-0.05, 0) is 40.0 Å². The second-order valence-corrected chi connectivity index (χ2v) is 4.95. The van der Waals surface area contributed by atoms with Crippen LogP contribution in [0.2, 0.25) is 0 Å². The number of hydrogen-bond acceptors (Lipinski definition) is 4. The fraction of sp³-hybridized carbons (Fsp3) is 0.154. The van der Waals surface area contributed by atoms with Crippen LogP contribution in [0, 0.1) is 17.0 Å². The molecule has 5 nitrogen and oxygen atoms in total. The summed E-state index contributed by atoms with van der Waals surface area (Å²) in [6.07, 6.45) is 1.73. The van der Waals surface area contributed by atoms with Gasteiger partial charge in [0.05, 0.1) is 4.92 Å². The van der Waals surface area contributed by atoms with Crippen molar-refractivity contribution in [3.05, 3.63) is 62.2 Å². The van der Waals surface area contributed by atoms with E-state index in [1.165, 1.54) is 6.07 Å². The zero-order valence-electron chi connectivity index (χ0n) is 10.3. The smallest absolute Gasteiger partial charge is 0.269 e. The molecule has 2 rings (SSSR count). The number of aromatic nitrogens is 1. The van der Waals surface area contributed by atoms with Crippen molar-refractivity contribution in [2.24, 2.45) is 0 Å². The number of non-ortho nitro benzene ring substituents is 1. The van der Waals surface area contributed by atoms with E-state index in [0.717, 1.165) is 21.4 Å². The van der Waals surface area contributed by atoms with Crippen molar-refractivity contribution in [1.29, 1.82) is 0 Å². The van der Waals surface area contributed by atoms with Crippen LogP contribution in [0.25, 0.3) is 0 Å². The molecule has 0 saturated carbocycles. The van der Waals surface area contributed by atoms with Crippen LogP contribution in [-0.4, -0.2) is 9.91 Å². The Morgan fingerprint density at radius 3 is 2.89 bits per heavy atom. The van der Waals surface area contributed by atoms with E-state index in [2.05, 4.69) is 26.2 Å². The minimum absolute atomic E-state index is 0.0965. The molecule has 0 radical (unpaired) electrons. The minimum Gasteiger partial charge on any atom is -0.366 e. The number of nitro benzene ring substituents is 1. The summed E-state index contributed by atoms with van der Waals surface area (Å²) in [5, 5.41) is 13.8. The third-order valence-corrected chi connectivity index (χ3v) is 3.47. The van der Waals surface area contributed by atoms with Gasteiger partial charge in [0.25, 0.3) is 5.69 Å². The Hall–Kier alpha value is -1.95. The predicted octanol–water partition coefficient (Wildman–Crippen LogP) is 3.67. The molecule has 0 unspecified atom stereocenters. The van der Waals surface area contributed by atoms with Crippen LogP contribution in [0.5, 0.6) is 0 Å². The first kappa shape index (κ1) is 13.5. The van der Waals surface area contributed by atoms with Crippen molar-refractivity contribution in [3.8, 4) is 0 Å². The maximum absolute atomic E-state index is 10.7. The van der Waals surface area contributed by atoms with Gasteiger partial charge in [0.1, 0.15) is 5.82 Å². The zero-order chi connectivity index (χ0) is 13.8. The second kappa shape index (κ2) is 5.79. The number of rotatable bonds is 4. The first-order valence-electron chi connectivity index (χ1n) is 5.65. The van der Waals surface area contributed by atoms with Crippen LogP contribution in [0.3, 0.4) is 0 Å². The number of aryl methyl sites for hydroxylation is 1. The van der Waals surface area contributed by atoms with Crippen molar-refractivity contribution >= 4 is 27.4 Å². The summed E-state index contributed by atoms with van der Waals surface area (Å²) in [5.74, 6) is 0.743. The zero-order valence-corrected chi connectivity index (χ0v) is 11.8. The summed E-state index contributed by atoms with van der Waals surface area (Å²) < 4.78 is 0.952. The molecule has 98 valence electrons. The molecule has 0 aliphatic carbocycles. The Labute approximate surface area is 119 Å². The molecule has 1 heterocycles. The number of pyridine rings is 1. The Bertz CT molecular complexity index is 617.